The van der Waals surface area contributed by atoms with Crippen LogP contribution in [0, 0.1) is 11.3 Å². The van der Waals surface area contributed by atoms with E-state index in [9.17, 15) is 0 Å². The van der Waals surface area contributed by atoms with E-state index < -0.39 is 0 Å². The summed E-state index contributed by atoms with van der Waals surface area (Å²) in [4.78, 5) is 0. The molecule has 0 atom stereocenters. The number of alkyl halides is 2. The molecule has 1 nitrogen and oxygen atoms in total. The zero-order valence-corrected chi connectivity index (χ0v) is 10.6. The minimum Gasteiger partial charge on any atom is -0.192 e. The Morgan fingerprint density at radius 1 is 1.33 bits per heavy atom. The quantitative estimate of drug-likeness (QED) is 0.697. The van der Waals surface area contributed by atoms with Gasteiger partial charge in [-0.1, -0.05) is 47.8 Å². The monoisotopic (exact) mass is 351 g/mol. The number of hydrogen-bond donors (Lipinski definition) is 0. The number of nitriles is 1. The molecule has 0 heterocycles. The summed E-state index contributed by atoms with van der Waals surface area (Å²) in [5.74, 6) is 0. The van der Waals surface area contributed by atoms with Crippen LogP contribution in [0.5, 0.6) is 0 Å². The smallest absolute Gasteiger partial charge is 0.0995 e. The minimum absolute atomic E-state index is 0.0251. The van der Waals surface area contributed by atoms with E-state index in [0.717, 1.165) is 10.0 Å². The predicted octanol–water partition coefficient (Wildman–Crippen LogP) is 4.11. The normalized spacial score (nSPS) is 9.92. The molecule has 0 saturated heterocycles. The van der Waals surface area contributed by atoms with Crippen molar-refractivity contribution in [2.75, 3.05) is 0 Å². The summed E-state index contributed by atoms with van der Waals surface area (Å²) < 4.78 is 0.998. The van der Waals surface area contributed by atoms with Crippen molar-refractivity contribution in [1.82, 2.24) is 0 Å². The highest BCUT2D eigenvalue weighted by atomic mass is 79.9. The van der Waals surface area contributed by atoms with Crippen molar-refractivity contribution in [3.63, 3.8) is 0 Å². The highest BCUT2D eigenvalue weighted by Crippen LogP contribution is 2.33. The minimum atomic E-state index is 0.0251. The molecule has 12 heavy (non-hydrogen) atoms. The largest absolute Gasteiger partial charge is 0.192 e. The van der Waals surface area contributed by atoms with E-state index >= 15 is 0 Å². The van der Waals surface area contributed by atoms with Crippen LogP contribution in [-0.4, -0.2) is 0 Å². The van der Waals surface area contributed by atoms with Crippen molar-refractivity contribution in [1.29, 1.82) is 5.26 Å². The Labute approximate surface area is 96.2 Å². The summed E-state index contributed by atoms with van der Waals surface area (Å²) in [7, 11) is 0. The van der Waals surface area contributed by atoms with Gasteiger partial charge in [0.1, 0.15) is 0 Å². The topological polar surface area (TPSA) is 23.8 Å². The molecule has 1 aromatic rings. The van der Waals surface area contributed by atoms with Crippen molar-refractivity contribution in [3.8, 4) is 6.07 Å². The third kappa shape index (κ3) is 2.32. The molecule has 62 valence electrons. The summed E-state index contributed by atoms with van der Waals surface area (Å²) in [5, 5.41) is 8.75. The molecule has 0 aromatic heterocycles. The molecule has 1 rings (SSSR count). The Morgan fingerprint density at radius 2 is 2.00 bits per heavy atom. The summed E-state index contributed by atoms with van der Waals surface area (Å²) in [6.45, 7) is 0. The van der Waals surface area contributed by atoms with Gasteiger partial charge in [-0.15, -0.1) is 0 Å². The first-order valence-corrected chi connectivity index (χ1v) is 5.75. The fraction of sp³-hybridized carbons (Fsp3) is 0.125. The number of hydrogen-bond acceptors (Lipinski definition) is 1. The number of halogens is 3. The van der Waals surface area contributed by atoms with Gasteiger partial charge >= 0.3 is 0 Å². The molecule has 0 radical (unpaired) electrons. The predicted molar refractivity (Wildman–Crippen MR) is 59.5 cm³/mol. The van der Waals surface area contributed by atoms with Gasteiger partial charge in [0.15, 0.2) is 0 Å². The maximum absolute atomic E-state index is 8.75. The van der Waals surface area contributed by atoms with Crippen molar-refractivity contribution >= 4 is 47.8 Å². The third-order valence-corrected chi connectivity index (χ3v) is 2.85. The molecule has 0 unspecified atom stereocenters. The van der Waals surface area contributed by atoms with Crippen molar-refractivity contribution in [3.05, 3.63) is 33.8 Å². The molecule has 1 aromatic carbocycles. The number of benzene rings is 1. The van der Waals surface area contributed by atoms with Gasteiger partial charge in [0.2, 0.25) is 0 Å². The average Bonchev–Trinajstić information content (AvgIpc) is 2.04. The van der Waals surface area contributed by atoms with Gasteiger partial charge in [0.05, 0.1) is 15.4 Å². The maximum atomic E-state index is 8.75. The first-order valence-electron chi connectivity index (χ1n) is 3.13. The number of rotatable bonds is 1. The Morgan fingerprint density at radius 3 is 2.50 bits per heavy atom. The van der Waals surface area contributed by atoms with E-state index in [-0.39, 0.29) is 3.74 Å². The summed E-state index contributed by atoms with van der Waals surface area (Å²) in [6, 6.07) is 7.67. The average molecular weight is 354 g/mol. The summed E-state index contributed by atoms with van der Waals surface area (Å²) in [6.07, 6.45) is 0. The molecule has 0 bridgehead atoms. The maximum Gasteiger partial charge on any atom is 0.0995 e. The molecular weight excluding hydrogens is 350 g/mol. The van der Waals surface area contributed by atoms with Crippen LogP contribution >= 0.6 is 47.8 Å². The van der Waals surface area contributed by atoms with E-state index in [1.807, 2.05) is 12.1 Å². The van der Waals surface area contributed by atoms with Crippen LogP contribution < -0.4 is 0 Å². The van der Waals surface area contributed by atoms with Gasteiger partial charge in [-0.05, 0) is 23.8 Å². The van der Waals surface area contributed by atoms with Gasteiger partial charge in [-0.25, -0.2) is 0 Å². The van der Waals surface area contributed by atoms with Crippen molar-refractivity contribution in [2.45, 2.75) is 3.74 Å². The fourth-order valence-electron chi connectivity index (χ4n) is 0.816. The highest BCUT2D eigenvalue weighted by Gasteiger charge is 2.08. The first-order chi connectivity index (χ1) is 5.65. The number of nitrogens with zero attached hydrogens (tertiary/aromatic N) is 1. The Kier molecular flexibility index (Phi) is 3.76. The second-order valence-corrected chi connectivity index (χ2v) is 6.12. The molecule has 0 aliphatic heterocycles. The standard InChI is InChI=1S/C8H4Br3N/c9-6-2-1-5(4-12)7(3-6)8(10)11/h1-3,8H. The third-order valence-electron chi connectivity index (χ3n) is 1.37. The molecule has 0 saturated carbocycles. The lowest BCUT2D eigenvalue weighted by Crippen LogP contribution is -1.87. The first kappa shape index (κ1) is 10.2. The second kappa shape index (κ2) is 4.40. The Hall–Kier alpha value is 0.150. The van der Waals surface area contributed by atoms with Crippen LogP contribution in [0.25, 0.3) is 0 Å². The molecule has 0 fully saturated rings. The molecule has 4 heteroatoms. The van der Waals surface area contributed by atoms with Gasteiger partial charge in [0, 0.05) is 4.47 Å². The van der Waals surface area contributed by atoms with Gasteiger partial charge < -0.3 is 0 Å². The van der Waals surface area contributed by atoms with Crippen LogP contribution in [0.4, 0.5) is 0 Å². The second-order valence-electron chi connectivity index (χ2n) is 2.14. The summed E-state index contributed by atoms with van der Waals surface area (Å²) in [5.41, 5.74) is 1.61. The van der Waals surface area contributed by atoms with Crippen LogP contribution in [-0.2, 0) is 0 Å². The van der Waals surface area contributed by atoms with Gasteiger partial charge in [0.25, 0.3) is 0 Å². The lowest BCUT2D eigenvalue weighted by molar-refractivity contribution is 1.35. The molecule has 0 spiro atoms. The van der Waals surface area contributed by atoms with E-state index in [4.69, 9.17) is 5.26 Å². The molecular formula is C8H4Br3N. The van der Waals surface area contributed by atoms with E-state index in [0.29, 0.717) is 5.56 Å². The lowest BCUT2D eigenvalue weighted by Gasteiger charge is -2.04. The van der Waals surface area contributed by atoms with Crippen LogP contribution in [0.3, 0.4) is 0 Å². The fourth-order valence-corrected chi connectivity index (χ4v) is 1.95. The highest BCUT2D eigenvalue weighted by molar-refractivity contribution is 9.24. The molecule has 0 N–H and O–H groups in total. The Bertz CT molecular complexity index is 328. The summed E-state index contributed by atoms with van der Waals surface area (Å²) >= 11 is 10.0. The molecule has 0 aliphatic carbocycles. The van der Waals surface area contributed by atoms with Crippen molar-refractivity contribution < 1.29 is 0 Å². The van der Waals surface area contributed by atoms with Crippen LogP contribution in [0.2, 0.25) is 0 Å². The van der Waals surface area contributed by atoms with E-state index in [2.05, 4.69) is 53.9 Å². The van der Waals surface area contributed by atoms with Crippen molar-refractivity contribution in [2.24, 2.45) is 0 Å². The van der Waals surface area contributed by atoms with E-state index in [1.165, 1.54) is 0 Å². The zero-order valence-electron chi connectivity index (χ0n) is 5.89. The van der Waals surface area contributed by atoms with Crippen LogP contribution in [0.1, 0.15) is 14.9 Å². The lowest BCUT2D eigenvalue weighted by atomic mass is 10.1. The zero-order chi connectivity index (χ0) is 9.14. The molecule has 0 aliphatic rings. The van der Waals surface area contributed by atoms with E-state index in [1.54, 1.807) is 6.07 Å². The van der Waals surface area contributed by atoms with Gasteiger partial charge in [-0.2, -0.15) is 5.26 Å². The molecule has 0 amide bonds. The Balaban J connectivity index is 3.24. The SMILES string of the molecule is N#Cc1ccc(Br)cc1C(Br)Br. The van der Waals surface area contributed by atoms with Crippen LogP contribution in [0.15, 0.2) is 22.7 Å². The van der Waals surface area contributed by atoms with Gasteiger partial charge in [-0.3, -0.25) is 0 Å².